The minimum atomic E-state index is -4.74. The quantitative estimate of drug-likeness (QED) is 0.781. The third-order valence-corrected chi connectivity index (χ3v) is 4.03. The first-order valence-electron chi connectivity index (χ1n) is 6.83. The second-order valence-corrected chi connectivity index (χ2v) is 5.71. The fourth-order valence-electron chi connectivity index (χ4n) is 2.41. The van der Waals surface area contributed by atoms with E-state index in [-0.39, 0.29) is 12.0 Å². The van der Waals surface area contributed by atoms with Crippen molar-refractivity contribution >= 4 is 5.91 Å². The van der Waals surface area contributed by atoms with Crippen LogP contribution in [0.15, 0.2) is 0 Å². The lowest BCUT2D eigenvalue weighted by Gasteiger charge is -2.30. The Morgan fingerprint density at radius 2 is 1.68 bits per heavy atom. The molecule has 1 aliphatic carbocycles. The average Bonchev–Trinajstić information content (AvgIpc) is 2.55. The molecule has 1 rings (SSSR count). The topological polar surface area (TPSA) is 55.1 Å². The lowest BCUT2D eigenvalue weighted by Crippen LogP contribution is -2.63. The van der Waals surface area contributed by atoms with Crippen LogP contribution in [-0.2, 0) is 4.79 Å². The van der Waals surface area contributed by atoms with E-state index in [4.69, 9.17) is 5.73 Å². The Morgan fingerprint density at radius 3 is 2.11 bits per heavy atom. The lowest BCUT2D eigenvalue weighted by molar-refractivity contribution is -0.187. The Bertz CT molecular complexity index is 308. The molecule has 1 aliphatic rings. The van der Waals surface area contributed by atoms with E-state index in [9.17, 15) is 18.0 Å². The SMILES string of the molecule is C[C@H](NC(=O)C(C)(N)C(F)(F)F)C1CCCCCC1. The summed E-state index contributed by atoms with van der Waals surface area (Å²) in [7, 11) is 0. The number of rotatable bonds is 3. The predicted octanol–water partition coefficient (Wildman–Crippen LogP) is 2.74. The minimum absolute atomic E-state index is 0.246. The fourth-order valence-corrected chi connectivity index (χ4v) is 2.41. The van der Waals surface area contributed by atoms with Crippen LogP contribution >= 0.6 is 0 Å². The maximum atomic E-state index is 12.7. The molecular weight excluding hydrogens is 257 g/mol. The van der Waals surface area contributed by atoms with Crippen LogP contribution < -0.4 is 11.1 Å². The van der Waals surface area contributed by atoms with Crippen LogP contribution in [-0.4, -0.2) is 23.7 Å². The molecule has 0 spiro atoms. The molecule has 1 fully saturated rings. The van der Waals surface area contributed by atoms with Crippen molar-refractivity contribution < 1.29 is 18.0 Å². The van der Waals surface area contributed by atoms with Gasteiger partial charge in [-0.05, 0) is 32.6 Å². The highest BCUT2D eigenvalue weighted by atomic mass is 19.4. The van der Waals surface area contributed by atoms with Gasteiger partial charge in [-0.15, -0.1) is 0 Å². The highest BCUT2D eigenvalue weighted by molar-refractivity contribution is 5.86. The fraction of sp³-hybridized carbons (Fsp3) is 0.923. The predicted molar refractivity (Wildman–Crippen MR) is 67.4 cm³/mol. The Balaban J connectivity index is 2.60. The highest BCUT2D eigenvalue weighted by Gasteiger charge is 2.54. The molecule has 0 aliphatic heterocycles. The normalized spacial score (nSPS) is 23.3. The van der Waals surface area contributed by atoms with Gasteiger partial charge in [-0.1, -0.05) is 25.7 Å². The molecule has 0 aromatic rings. The molecule has 3 nitrogen and oxygen atoms in total. The summed E-state index contributed by atoms with van der Waals surface area (Å²) in [6.07, 6.45) is 1.64. The van der Waals surface area contributed by atoms with Crippen molar-refractivity contribution in [1.82, 2.24) is 5.32 Å². The van der Waals surface area contributed by atoms with Gasteiger partial charge in [0.1, 0.15) is 0 Å². The maximum Gasteiger partial charge on any atom is 0.415 e. The summed E-state index contributed by atoms with van der Waals surface area (Å²) in [5.74, 6) is -0.896. The van der Waals surface area contributed by atoms with Crippen LogP contribution in [0.25, 0.3) is 0 Å². The number of hydrogen-bond donors (Lipinski definition) is 2. The highest BCUT2D eigenvalue weighted by Crippen LogP contribution is 2.29. The van der Waals surface area contributed by atoms with Crippen LogP contribution in [0, 0.1) is 5.92 Å². The van der Waals surface area contributed by atoms with Gasteiger partial charge in [0.05, 0.1) is 0 Å². The Labute approximate surface area is 112 Å². The second kappa shape index (κ2) is 6.11. The Kier molecular flexibility index (Phi) is 5.24. The zero-order valence-electron chi connectivity index (χ0n) is 11.5. The number of nitrogens with one attached hydrogen (secondary N) is 1. The van der Waals surface area contributed by atoms with E-state index in [1.54, 1.807) is 6.92 Å². The molecule has 0 heterocycles. The van der Waals surface area contributed by atoms with Crippen LogP contribution in [0.1, 0.15) is 52.4 Å². The monoisotopic (exact) mass is 280 g/mol. The molecule has 2 atom stereocenters. The molecule has 1 amide bonds. The largest absolute Gasteiger partial charge is 0.415 e. The van der Waals surface area contributed by atoms with Gasteiger partial charge in [0, 0.05) is 6.04 Å². The number of carbonyl (C=O) groups excluding carboxylic acids is 1. The zero-order valence-corrected chi connectivity index (χ0v) is 11.5. The van der Waals surface area contributed by atoms with Crippen molar-refractivity contribution in [2.45, 2.75) is 70.1 Å². The molecule has 1 saturated carbocycles. The first-order valence-corrected chi connectivity index (χ1v) is 6.83. The standard InChI is InChI=1S/C13H23F3N2O/c1-9(10-7-5-3-4-6-8-10)18-11(19)12(2,17)13(14,15)16/h9-10H,3-8,17H2,1-2H3,(H,18,19)/t9-,12?/m0/s1. The molecular formula is C13H23F3N2O. The molecule has 3 N–H and O–H groups in total. The number of nitrogens with two attached hydrogens (primary N) is 1. The van der Waals surface area contributed by atoms with Crippen LogP contribution in [0.4, 0.5) is 13.2 Å². The van der Waals surface area contributed by atoms with Gasteiger partial charge in [-0.25, -0.2) is 0 Å². The maximum absolute atomic E-state index is 12.7. The van der Waals surface area contributed by atoms with E-state index in [0.717, 1.165) is 38.5 Å². The van der Waals surface area contributed by atoms with Gasteiger partial charge in [-0.2, -0.15) is 13.2 Å². The molecule has 0 aromatic carbocycles. The number of hydrogen-bond acceptors (Lipinski definition) is 2. The Hall–Kier alpha value is -0.780. The number of alkyl halides is 3. The van der Waals surface area contributed by atoms with Gasteiger partial charge >= 0.3 is 6.18 Å². The third kappa shape index (κ3) is 4.09. The summed E-state index contributed by atoms with van der Waals surface area (Å²) >= 11 is 0. The van der Waals surface area contributed by atoms with Gasteiger partial charge in [0.15, 0.2) is 5.54 Å². The number of halogens is 3. The smallest absolute Gasteiger partial charge is 0.351 e. The van der Waals surface area contributed by atoms with Crippen molar-refractivity contribution in [2.75, 3.05) is 0 Å². The van der Waals surface area contributed by atoms with Gasteiger partial charge < -0.3 is 11.1 Å². The minimum Gasteiger partial charge on any atom is -0.351 e. The van der Waals surface area contributed by atoms with E-state index < -0.39 is 17.6 Å². The molecule has 6 heteroatoms. The molecule has 0 radical (unpaired) electrons. The van der Waals surface area contributed by atoms with E-state index in [1.165, 1.54) is 0 Å². The summed E-state index contributed by atoms with van der Waals surface area (Å²) in [5.41, 5.74) is 2.28. The van der Waals surface area contributed by atoms with Crippen LogP contribution in [0.5, 0.6) is 0 Å². The summed E-state index contributed by atoms with van der Waals surface area (Å²) in [5, 5.41) is 2.44. The van der Waals surface area contributed by atoms with Crippen LogP contribution in [0.3, 0.4) is 0 Å². The van der Waals surface area contributed by atoms with Crippen LogP contribution in [0.2, 0.25) is 0 Å². The van der Waals surface area contributed by atoms with Gasteiger partial charge in [0.25, 0.3) is 0 Å². The average molecular weight is 280 g/mol. The van der Waals surface area contributed by atoms with Gasteiger partial charge in [0.2, 0.25) is 5.91 Å². The first kappa shape index (κ1) is 16.3. The second-order valence-electron chi connectivity index (χ2n) is 5.71. The molecule has 0 bridgehead atoms. The molecule has 19 heavy (non-hydrogen) atoms. The summed E-state index contributed by atoms with van der Waals surface area (Å²) in [4.78, 5) is 11.7. The van der Waals surface area contributed by atoms with Crippen molar-refractivity contribution in [3.8, 4) is 0 Å². The van der Waals surface area contributed by atoms with Gasteiger partial charge in [-0.3, -0.25) is 4.79 Å². The summed E-state index contributed by atoms with van der Waals surface area (Å²) < 4.78 is 38.0. The molecule has 1 unspecified atom stereocenters. The lowest BCUT2D eigenvalue weighted by atomic mass is 9.92. The first-order chi connectivity index (χ1) is 8.66. The molecule has 0 aromatic heterocycles. The molecule has 0 saturated heterocycles. The third-order valence-electron chi connectivity index (χ3n) is 4.03. The van der Waals surface area contributed by atoms with E-state index in [0.29, 0.717) is 6.92 Å². The number of amides is 1. The summed E-state index contributed by atoms with van der Waals surface area (Å²) in [6, 6.07) is -0.268. The van der Waals surface area contributed by atoms with Crippen molar-refractivity contribution in [3.63, 3.8) is 0 Å². The summed E-state index contributed by atoms with van der Waals surface area (Å²) in [6.45, 7) is 2.47. The van der Waals surface area contributed by atoms with Crippen molar-refractivity contribution in [2.24, 2.45) is 11.7 Å². The Morgan fingerprint density at radius 1 is 1.21 bits per heavy atom. The zero-order chi connectivity index (χ0) is 14.7. The molecule has 112 valence electrons. The number of carbonyl (C=O) groups is 1. The van der Waals surface area contributed by atoms with E-state index in [2.05, 4.69) is 5.32 Å². The van der Waals surface area contributed by atoms with E-state index >= 15 is 0 Å². The van der Waals surface area contributed by atoms with E-state index in [1.807, 2.05) is 0 Å². The van der Waals surface area contributed by atoms with Crippen molar-refractivity contribution in [3.05, 3.63) is 0 Å². The van der Waals surface area contributed by atoms with Crippen molar-refractivity contribution in [1.29, 1.82) is 0 Å².